The second kappa shape index (κ2) is 9.08. The van der Waals surface area contributed by atoms with Crippen LogP contribution < -0.4 is 4.90 Å². The number of anilines is 1. The molecule has 0 N–H and O–H groups in total. The summed E-state index contributed by atoms with van der Waals surface area (Å²) in [5.41, 5.74) is 1.98. The highest BCUT2D eigenvalue weighted by Gasteiger charge is 2.43. The Kier molecular flexibility index (Phi) is 6.28. The van der Waals surface area contributed by atoms with Crippen molar-refractivity contribution in [3.63, 3.8) is 0 Å². The van der Waals surface area contributed by atoms with Crippen LogP contribution in [0, 0.1) is 0 Å². The summed E-state index contributed by atoms with van der Waals surface area (Å²) in [6.07, 6.45) is 2.48. The van der Waals surface area contributed by atoms with Crippen LogP contribution >= 0.6 is 11.6 Å². The van der Waals surface area contributed by atoms with Gasteiger partial charge in [0.2, 0.25) is 5.91 Å². The van der Waals surface area contributed by atoms with E-state index >= 15 is 0 Å². The number of carbonyl (C=O) groups excluding carboxylic acids is 2. The SMILES string of the molecule is O=C1CC(N2CCN(CCCc3ccccc3)CC2)C(=O)N1c1ccc(Cl)cc1. The third-order valence-electron chi connectivity index (χ3n) is 5.84. The Morgan fingerprint density at radius 2 is 1.59 bits per heavy atom. The van der Waals surface area contributed by atoms with Crippen molar-refractivity contribution >= 4 is 29.1 Å². The molecule has 0 aromatic heterocycles. The summed E-state index contributed by atoms with van der Waals surface area (Å²) in [5.74, 6) is -0.248. The molecule has 1 atom stereocenters. The van der Waals surface area contributed by atoms with E-state index in [4.69, 9.17) is 11.6 Å². The average molecular weight is 412 g/mol. The van der Waals surface area contributed by atoms with Gasteiger partial charge in [-0.25, -0.2) is 4.90 Å². The van der Waals surface area contributed by atoms with Crippen LogP contribution in [-0.2, 0) is 16.0 Å². The molecule has 0 aliphatic carbocycles. The molecule has 2 aliphatic heterocycles. The van der Waals surface area contributed by atoms with E-state index in [0.717, 1.165) is 45.6 Å². The minimum Gasteiger partial charge on any atom is -0.301 e. The summed E-state index contributed by atoms with van der Waals surface area (Å²) in [6, 6.07) is 17.1. The Hall–Kier alpha value is -2.21. The molecule has 2 saturated heterocycles. The van der Waals surface area contributed by atoms with E-state index in [9.17, 15) is 9.59 Å². The second-order valence-corrected chi connectivity index (χ2v) is 8.17. The van der Waals surface area contributed by atoms with Gasteiger partial charge in [-0.3, -0.25) is 14.5 Å². The quantitative estimate of drug-likeness (QED) is 0.684. The van der Waals surface area contributed by atoms with Crippen molar-refractivity contribution in [3.05, 3.63) is 65.2 Å². The molecule has 2 fully saturated rings. The lowest BCUT2D eigenvalue weighted by atomic mass is 10.1. The summed E-state index contributed by atoms with van der Waals surface area (Å²) < 4.78 is 0. The largest absolute Gasteiger partial charge is 0.301 e. The molecule has 2 aromatic carbocycles. The predicted molar refractivity (Wildman–Crippen MR) is 115 cm³/mol. The zero-order valence-electron chi connectivity index (χ0n) is 16.5. The number of benzene rings is 2. The Bertz CT molecular complexity index is 848. The van der Waals surface area contributed by atoms with E-state index < -0.39 is 0 Å². The molecular weight excluding hydrogens is 386 g/mol. The molecule has 2 aliphatic rings. The average Bonchev–Trinajstić information content (AvgIpc) is 3.04. The fraction of sp³-hybridized carbons (Fsp3) is 0.391. The molecule has 2 amide bonds. The molecule has 4 rings (SSSR count). The Balaban J connectivity index is 1.28. The maximum Gasteiger partial charge on any atom is 0.251 e. The summed E-state index contributed by atoms with van der Waals surface area (Å²) >= 11 is 5.92. The highest BCUT2D eigenvalue weighted by molar-refractivity contribution is 6.30. The molecule has 0 radical (unpaired) electrons. The summed E-state index contributed by atoms with van der Waals surface area (Å²) in [7, 11) is 0. The van der Waals surface area contributed by atoms with E-state index in [1.54, 1.807) is 24.3 Å². The molecule has 29 heavy (non-hydrogen) atoms. The second-order valence-electron chi connectivity index (χ2n) is 7.73. The lowest BCUT2D eigenvalue weighted by molar-refractivity contribution is -0.123. The van der Waals surface area contributed by atoms with Crippen LogP contribution in [-0.4, -0.2) is 60.4 Å². The van der Waals surface area contributed by atoms with E-state index in [1.165, 1.54) is 10.5 Å². The first kappa shape index (κ1) is 20.1. The van der Waals surface area contributed by atoms with Gasteiger partial charge in [-0.2, -0.15) is 0 Å². The van der Waals surface area contributed by atoms with Crippen molar-refractivity contribution in [3.8, 4) is 0 Å². The van der Waals surface area contributed by atoms with Crippen LogP contribution in [0.4, 0.5) is 5.69 Å². The number of carbonyl (C=O) groups is 2. The van der Waals surface area contributed by atoms with Crippen molar-refractivity contribution in [2.24, 2.45) is 0 Å². The van der Waals surface area contributed by atoms with Crippen LogP contribution in [0.15, 0.2) is 54.6 Å². The first-order chi connectivity index (χ1) is 14.1. The van der Waals surface area contributed by atoms with Gasteiger partial charge in [0.25, 0.3) is 5.91 Å². The zero-order chi connectivity index (χ0) is 20.2. The molecule has 0 spiro atoms. The highest BCUT2D eigenvalue weighted by Crippen LogP contribution is 2.27. The Morgan fingerprint density at radius 3 is 2.28 bits per heavy atom. The fourth-order valence-corrected chi connectivity index (χ4v) is 4.34. The Morgan fingerprint density at radius 1 is 0.897 bits per heavy atom. The third-order valence-corrected chi connectivity index (χ3v) is 6.09. The smallest absolute Gasteiger partial charge is 0.251 e. The number of amides is 2. The molecular formula is C23H26ClN3O2. The molecule has 2 heterocycles. The van der Waals surface area contributed by atoms with Gasteiger partial charge in [0.1, 0.15) is 0 Å². The van der Waals surface area contributed by atoms with Gasteiger partial charge in [0.05, 0.1) is 18.2 Å². The van der Waals surface area contributed by atoms with Crippen LogP contribution in [0.2, 0.25) is 5.02 Å². The predicted octanol–water partition coefficient (Wildman–Crippen LogP) is 3.22. The highest BCUT2D eigenvalue weighted by atomic mass is 35.5. The van der Waals surface area contributed by atoms with Crippen LogP contribution in [0.1, 0.15) is 18.4 Å². The first-order valence-corrected chi connectivity index (χ1v) is 10.6. The number of halogens is 1. The minimum absolute atomic E-state index is 0.116. The monoisotopic (exact) mass is 411 g/mol. The number of aryl methyl sites for hydroxylation is 1. The third kappa shape index (κ3) is 4.69. The van der Waals surface area contributed by atoms with Crippen molar-refractivity contribution < 1.29 is 9.59 Å². The molecule has 0 saturated carbocycles. The number of imide groups is 1. The van der Waals surface area contributed by atoms with Gasteiger partial charge in [-0.1, -0.05) is 41.9 Å². The number of piperazine rings is 1. The maximum atomic E-state index is 12.9. The van der Waals surface area contributed by atoms with Crippen LogP contribution in [0.5, 0.6) is 0 Å². The van der Waals surface area contributed by atoms with Gasteiger partial charge < -0.3 is 4.90 Å². The van der Waals surface area contributed by atoms with Crippen LogP contribution in [0.3, 0.4) is 0 Å². The molecule has 6 heteroatoms. The lowest BCUT2D eigenvalue weighted by Gasteiger charge is -2.37. The fourth-order valence-electron chi connectivity index (χ4n) is 4.21. The van der Waals surface area contributed by atoms with E-state index in [0.29, 0.717) is 10.7 Å². The number of hydrogen-bond acceptors (Lipinski definition) is 4. The van der Waals surface area contributed by atoms with Gasteiger partial charge >= 0.3 is 0 Å². The van der Waals surface area contributed by atoms with E-state index in [1.807, 2.05) is 6.07 Å². The normalized spacial score (nSPS) is 21.1. The van der Waals surface area contributed by atoms with Gasteiger partial charge in [0, 0.05) is 31.2 Å². The van der Waals surface area contributed by atoms with Crippen molar-refractivity contribution in [1.29, 1.82) is 0 Å². The maximum absolute atomic E-state index is 12.9. The zero-order valence-corrected chi connectivity index (χ0v) is 17.2. The van der Waals surface area contributed by atoms with Crippen molar-refractivity contribution in [2.75, 3.05) is 37.6 Å². The van der Waals surface area contributed by atoms with Gasteiger partial charge in [-0.15, -0.1) is 0 Å². The lowest BCUT2D eigenvalue weighted by Crippen LogP contribution is -2.52. The first-order valence-electron chi connectivity index (χ1n) is 10.2. The van der Waals surface area contributed by atoms with Gasteiger partial charge in [0.15, 0.2) is 0 Å². The molecule has 152 valence electrons. The topological polar surface area (TPSA) is 43.9 Å². The summed E-state index contributed by atoms with van der Waals surface area (Å²) in [6.45, 7) is 4.59. The summed E-state index contributed by atoms with van der Waals surface area (Å²) in [5, 5.41) is 0.591. The van der Waals surface area contributed by atoms with Crippen LogP contribution in [0.25, 0.3) is 0 Å². The number of nitrogens with zero attached hydrogens (tertiary/aromatic N) is 3. The minimum atomic E-state index is -0.343. The standard InChI is InChI=1S/C23H26ClN3O2/c24-19-8-10-20(11-9-19)27-22(28)17-21(23(27)29)26-15-13-25(14-16-26)12-4-7-18-5-2-1-3-6-18/h1-3,5-6,8-11,21H,4,7,12-17H2. The number of rotatable bonds is 6. The summed E-state index contributed by atoms with van der Waals surface area (Å²) in [4.78, 5) is 31.4. The van der Waals surface area contributed by atoms with Gasteiger partial charge in [-0.05, 0) is 49.2 Å². The molecule has 5 nitrogen and oxygen atoms in total. The Labute approximate surface area is 176 Å². The van der Waals surface area contributed by atoms with E-state index in [2.05, 4.69) is 34.1 Å². The number of hydrogen-bond donors (Lipinski definition) is 0. The molecule has 2 aromatic rings. The molecule has 0 bridgehead atoms. The van der Waals surface area contributed by atoms with Crippen molar-refractivity contribution in [1.82, 2.24) is 9.80 Å². The van der Waals surface area contributed by atoms with E-state index in [-0.39, 0.29) is 24.3 Å². The molecule has 1 unspecified atom stereocenters. The van der Waals surface area contributed by atoms with Crippen molar-refractivity contribution in [2.45, 2.75) is 25.3 Å².